The Balaban J connectivity index is 1.75. The maximum Gasteiger partial charge on any atom is 0.285 e. The molecule has 0 saturated carbocycles. The van der Waals surface area contributed by atoms with E-state index in [1.807, 2.05) is 30.3 Å². The predicted molar refractivity (Wildman–Crippen MR) is 110 cm³/mol. The van der Waals surface area contributed by atoms with E-state index in [2.05, 4.69) is 5.43 Å². The number of hydrazine groups is 1. The van der Waals surface area contributed by atoms with Crippen molar-refractivity contribution in [1.82, 2.24) is 10.4 Å². The second-order valence-corrected chi connectivity index (χ2v) is 7.84. The summed E-state index contributed by atoms with van der Waals surface area (Å²) in [6, 6.07) is 14.3. The Morgan fingerprint density at radius 3 is 2.42 bits per heavy atom. The van der Waals surface area contributed by atoms with E-state index in [1.54, 1.807) is 24.3 Å². The van der Waals surface area contributed by atoms with E-state index in [1.165, 1.54) is 0 Å². The summed E-state index contributed by atoms with van der Waals surface area (Å²) in [5.41, 5.74) is 3.92. The first-order valence-electron chi connectivity index (χ1n) is 7.51. The molecule has 0 unspecified atom stereocenters. The van der Waals surface area contributed by atoms with E-state index in [0.29, 0.717) is 20.5 Å². The van der Waals surface area contributed by atoms with Crippen molar-refractivity contribution in [2.75, 3.05) is 0 Å². The Hall–Kier alpha value is -1.86. The predicted octanol–water partition coefficient (Wildman–Crippen LogP) is 4.47. The summed E-state index contributed by atoms with van der Waals surface area (Å²) in [7, 11) is 0. The number of amides is 2. The van der Waals surface area contributed by atoms with Gasteiger partial charge in [0.15, 0.2) is 4.32 Å². The summed E-state index contributed by atoms with van der Waals surface area (Å²) in [4.78, 5) is 25.1. The molecule has 0 atom stereocenters. The van der Waals surface area contributed by atoms with Crippen LogP contribution in [0.1, 0.15) is 11.1 Å². The van der Waals surface area contributed by atoms with Crippen LogP contribution in [0.3, 0.4) is 0 Å². The van der Waals surface area contributed by atoms with Crippen LogP contribution in [0.2, 0.25) is 10.0 Å². The van der Waals surface area contributed by atoms with Crippen molar-refractivity contribution in [3.8, 4) is 0 Å². The lowest BCUT2D eigenvalue weighted by atomic mass is 10.1. The Kier molecular flexibility index (Phi) is 5.98. The van der Waals surface area contributed by atoms with Crippen molar-refractivity contribution in [3.05, 3.63) is 74.6 Å². The molecule has 1 fully saturated rings. The first-order chi connectivity index (χ1) is 12.5. The number of carbonyl (C=O) groups excluding carboxylic acids is 2. The van der Waals surface area contributed by atoms with Gasteiger partial charge in [-0.15, -0.1) is 0 Å². The minimum absolute atomic E-state index is 0.146. The zero-order chi connectivity index (χ0) is 18.7. The summed E-state index contributed by atoms with van der Waals surface area (Å²) in [5.74, 6) is -0.748. The van der Waals surface area contributed by atoms with Gasteiger partial charge in [-0.1, -0.05) is 71.4 Å². The largest absolute Gasteiger partial charge is 0.285 e. The Labute approximate surface area is 170 Å². The van der Waals surface area contributed by atoms with Gasteiger partial charge in [-0.3, -0.25) is 15.0 Å². The fourth-order valence-electron chi connectivity index (χ4n) is 2.29. The van der Waals surface area contributed by atoms with Crippen molar-refractivity contribution < 1.29 is 9.59 Å². The first kappa shape index (κ1) is 18.9. The van der Waals surface area contributed by atoms with Gasteiger partial charge in [-0.2, -0.15) is 5.01 Å². The SMILES string of the molecule is O=C(Cc1ccccc1)NN1C(=O)C(=Cc2c(Cl)cccc2Cl)SC1=S. The molecule has 26 heavy (non-hydrogen) atoms. The van der Waals surface area contributed by atoms with Gasteiger partial charge in [0.2, 0.25) is 5.91 Å². The van der Waals surface area contributed by atoms with Gasteiger partial charge in [0.25, 0.3) is 5.91 Å². The summed E-state index contributed by atoms with van der Waals surface area (Å²) < 4.78 is 0.242. The average Bonchev–Trinajstić information content (AvgIpc) is 2.86. The van der Waals surface area contributed by atoms with Crippen molar-refractivity contribution in [1.29, 1.82) is 0 Å². The molecule has 1 saturated heterocycles. The normalized spacial score (nSPS) is 15.6. The van der Waals surface area contributed by atoms with E-state index in [9.17, 15) is 9.59 Å². The molecule has 0 aromatic heterocycles. The average molecular weight is 423 g/mol. The van der Waals surface area contributed by atoms with Gasteiger partial charge in [-0.25, -0.2) is 0 Å². The van der Waals surface area contributed by atoms with Crippen LogP contribution in [0.4, 0.5) is 0 Å². The van der Waals surface area contributed by atoms with Gasteiger partial charge >= 0.3 is 0 Å². The summed E-state index contributed by atoms with van der Waals surface area (Å²) in [6.45, 7) is 0. The van der Waals surface area contributed by atoms with E-state index in [0.717, 1.165) is 22.3 Å². The second kappa shape index (κ2) is 8.22. The number of benzene rings is 2. The Morgan fingerprint density at radius 1 is 1.12 bits per heavy atom. The number of nitrogens with one attached hydrogen (secondary N) is 1. The quantitative estimate of drug-likeness (QED) is 0.583. The number of carbonyl (C=O) groups is 2. The first-order valence-corrected chi connectivity index (χ1v) is 9.49. The molecule has 0 radical (unpaired) electrons. The van der Waals surface area contributed by atoms with Crippen LogP contribution < -0.4 is 5.43 Å². The lowest BCUT2D eigenvalue weighted by molar-refractivity contribution is -0.132. The highest BCUT2D eigenvalue weighted by Gasteiger charge is 2.33. The third-order valence-corrected chi connectivity index (χ3v) is 5.47. The zero-order valence-corrected chi connectivity index (χ0v) is 16.4. The maximum absolute atomic E-state index is 12.6. The molecule has 1 N–H and O–H groups in total. The van der Waals surface area contributed by atoms with Crippen LogP contribution in [0.25, 0.3) is 6.08 Å². The molecular weight excluding hydrogens is 411 g/mol. The highest BCUT2D eigenvalue weighted by molar-refractivity contribution is 8.26. The molecular formula is C18H12Cl2N2O2S2. The molecule has 2 aromatic carbocycles. The number of hydrogen-bond donors (Lipinski definition) is 1. The minimum Gasteiger partial charge on any atom is -0.273 e. The van der Waals surface area contributed by atoms with Crippen molar-refractivity contribution in [2.45, 2.75) is 6.42 Å². The second-order valence-electron chi connectivity index (χ2n) is 5.35. The summed E-state index contributed by atoms with van der Waals surface area (Å²) in [5, 5.41) is 1.92. The van der Waals surface area contributed by atoms with Crippen LogP contribution in [0.15, 0.2) is 53.4 Å². The van der Waals surface area contributed by atoms with Crippen LogP contribution in [0, 0.1) is 0 Å². The lowest BCUT2D eigenvalue weighted by Crippen LogP contribution is -2.45. The van der Waals surface area contributed by atoms with Crippen LogP contribution in [-0.2, 0) is 16.0 Å². The van der Waals surface area contributed by atoms with Crippen LogP contribution in [0.5, 0.6) is 0 Å². The molecule has 1 aliphatic rings. The molecule has 8 heteroatoms. The van der Waals surface area contributed by atoms with E-state index in [4.69, 9.17) is 35.4 Å². The van der Waals surface area contributed by atoms with Gasteiger partial charge in [0.1, 0.15) is 0 Å². The molecule has 0 aliphatic carbocycles. The molecule has 0 spiro atoms. The fraction of sp³-hybridized carbons (Fsp3) is 0.0556. The number of thioether (sulfide) groups is 1. The minimum atomic E-state index is -0.419. The van der Waals surface area contributed by atoms with Crippen molar-refractivity contribution >= 4 is 69.4 Å². The topological polar surface area (TPSA) is 49.4 Å². The van der Waals surface area contributed by atoms with E-state index < -0.39 is 5.91 Å². The number of nitrogens with zero attached hydrogens (tertiary/aromatic N) is 1. The molecule has 3 rings (SSSR count). The molecule has 2 aromatic rings. The van der Waals surface area contributed by atoms with Gasteiger partial charge in [0, 0.05) is 15.6 Å². The molecule has 1 heterocycles. The lowest BCUT2D eigenvalue weighted by Gasteiger charge is -2.15. The number of rotatable bonds is 4. The maximum atomic E-state index is 12.6. The van der Waals surface area contributed by atoms with Crippen LogP contribution in [-0.4, -0.2) is 21.1 Å². The third kappa shape index (κ3) is 4.27. The molecule has 1 aliphatic heterocycles. The standard InChI is InChI=1S/C18H12Cl2N2O2S2/c19-13-7-4-8-14(20)12(13)10-15-17(24)22(18(25)26-15)21-16(23)9-11-5-2-1-3-6-11/h1-8,10H,9H2,(H,21,23). The van der Waals surface area contributed by atoms with Crippen LogP contribution >= 0.6 is 47.2 Å². The number of halogens is 2. The third-order valence-electron chi connectivity index (χ3n) is 3.51. The molecule has 2 amide bonds. The monoisotopic (exact) mass is 422 g/mol. The highest BCUT2D eigenvalue weighted by Crippen LogP contribution is 2.34. The smallest absolute Gasteiger partial charge is 0.273 e. The van der Waals surface area contributed by atoms with Crippen molar-refractivity contribution in [2.24, 2.45) is 0 Å². The highest BCUT2D eigenvalue weighted by atomic mass is 35.5. The Bertz CT molecular complexity index is 896. The summed E-state index contributed by atoms with van der Waals surface area (Å²) >= 11 is 18.6. The molecule has 132 valence electrons. The van der Waals surface area contributed by atoms with Gasteiger partial charge in [-0.05, 0) is 36.0 Å². The van der Waals surface area contributed by atoms with Gasteiger partial charge in [0.05, 0.1) is 11.3 Å². The zero-order valence-electron chi connectivity index (χ0n) is 13.2. The van der Waals surface area contributed by atoms with E-state index in [-0.39, 0.29) is 16.6 Å². The fourth-order valence-corrected chi connectivity index (χ4v) is 3.96. The van der Waals surface area contributed by atoms with Gasteiger partial charge < -0.3 is 0 Å². The van der Waals surface area contributed by atoms with E-state index >= 15 is 0 Å². The number of hydrogen-bond acceptors (Lipinski definition) is 4. The summed E-state index contributed by atoms with van der Waals surface area (Å²) in [6.07, 6.45) is 1.72. The van der Waals surface area contributed by atoms with Crippen molar-refractivity contribution in [3.63, 3.8) is 0 Å². The Morgan fingerprint density at radius 2 is 1.77 bits per heavy atom. The molecule has 0 bridgehead atoms. The molecule has 4 nitrogen and oxygen atoms in total. The number of thiocarbonyl (C=S) groups is 1.